The standard InChI is InChI=1S/C19H22N2O4/c22-17-14-16(15-4-2-1-3-5-15)6-10-21(17)11-7-19(18(23)20-24)8-12-25-13-9-19/h1-6,10,14,24H,7-9,11-13H2,(H,20,23). The maximum Gasteiger partial charge on any atom is 0.251 e. The summed E-state index contributed by atoms with van der Waals surface area (Å²) in [5.74, 6) is -0.398. The lowest BCUT2D eigenvalue weighted by Gasteiger charge is -2.35. The van der Waals surface area contributed by atoms with E-state index in [0.717, 1.165) is 11.1 Å². The molecule has 2 aromatic rings. The van der Waals surface area contributed by atoms with Crippen LogP contribution in [-0.2, 0) is 16.1 Å². The van der Waals surface area contributed by atoms with Crippen molar-refractivity contribution in [2.24, 2.45) is 5.41 Å². The van der Waals surface area contributed by atoms with Crippen LogP contribution in [0.15, 0.2) is 53.5 Å². The van der Waals surface area contributed by atoms with Gasteiger partial charge in [-0.3, -0.25) is 14.8 Å². The van der Waals surface area contributed by atoms with E-state index in [1.807, 2.05) is 36.4 Å². The molecule has 25 heavy (non-hydrogen) atoms. The molecule has 0 saturated carbocycles. The predicted octanol–water partition coefficient (Wildman–Crippen LogP) is 2.21. The lowest BCUT2D eigenvalue weighted by atomic mass is 9.76. The van der Waals surface area contributed by atoms with Gasteiger partial charge in [0, 0.05) is 32.0 Å². The summed E-state index contributed by atoms with van der Waals surface area (Å²) in [6.07, 6.45) is 3.31. The normalized spacial score (nSPS) is 16.4. The van der Waals surface area contributed by atoms with E-state index in [4.69, 9.17) is 9.94 Å². The zero-order valence-corrected chi connectivity index (χ0v) is 14.0. The number of hydroxylamine groups is 1. The van der Waals surface area contributed by atoms with E-state index in [2.05, 4.69) is 0 Å². The van der Waals surface area contributed by atoms with Crippen LogP contribution in [0.1, 0.15) is 19.3 Å². The highest BCUT2D eigenvalue weighted by Gasteiger charge is 2.39. The first-order valence-electron chi connectivity index (χ1n) is 8.43. The van der Waals surface area contributed by atoms with Crippen LogP contribution in [0.5, 0.6) is 0 Å². The van der Waals surface area contributed by atoms with E-state index in [0.29, 0.717) is 39.0 Å². The second kappa shape index (κ2) is 7.63. The molecule has 6 heteroatoms. The Morgan fingerprint density at radius 1 is 1.16 bits per heavy atom. The SMILES string of the molecule is O=C(NO)C1(CCn2ccc(-c3ccccc3)cc2=O)CCOCC1. The fourth-order valence-electron chi connectivity index (χ4n) is 3.31. The minimum Gasteiger partial charge on any atom is -0.381 e. The van der Waals surface area contributed by atoms with Gasteiger partial charge in [0.2, 0.25) is 5.91 Å². The molecule has 1 saturated heterocycles. The van der Waals surface area contributed by atoms with E-state index in [1.54, 1.807) is 22.3 Å². The number of carbonyl (C=O) groups is 1. The zero-order chi connectivity index (χ0) is 17.7. The van der Waals surface area contributed by atoms with Gasteiger partial charge < -0.3 is 9.30 Å². The first-order chi connectivity index (χ1) is 12.1. The molecule has 1 amide bonds. The second-order valence-corrected chi connectivity index (χ2v) is 6.40. The van der Waals surface area contributed by atoms with E-state index >= 15 is 0 Å². The van der Waals surface area contributed by atoms with Crippen LogP contribution in [0.3, 0.4) is 0 Å². The number of hydrogen-bond acceptors (Lipinski definition) is 4. The van der Waals surface area contributed by atoms with Gasteiger partial charge in [-0.25, -0.2) is 5.48 Å². The van der Waals surface area contributed by atoms with Crippen LogP contribution < -0.4 is 11.0 Å². The van der Waals surface area contributed by atoms with Crippen LogP contribution in [0, 0.1) is 5.41 Å². The summed E-state index contributed by atoms with van der Waals surface area (Å²) in [4.78, 5) is 24.5. The van der Waals surface area contributed by atoms with Crippen molar-refractivity contribution in [3.8, 4) is 11.1 Å². The number of pyridine rings is 1. The van der Waals surface area contributed by atoms with Crippen LogP contribution >= 0.6 is 0 Å². The van der Waals surface area contributed by atoms with Gasteiger partial charge in [-0.2, -0.15) is 0 Å². The van der Waals surface area contributed by atoms with Crippen molar-refractivity contribution in [2.45, 2.75) is 25.8 Å². The Morgan fingerprint density at radius 3 is 2.52 bits per heavy atom. The smallest absolute Gasteiger partial charge is 0.251 e. The van der Waals surface area contributed by atoms with Crippen molar-refractivity contribution in [3.63, 3.8) is 0 Å². The average Bonchev–Trinajstić information content (AvgIpc) is 2.67. The molecule has 1 aromatic heterocycles. The third-order valence-corrected chi connectivity index (χ3v) is 4.97. The number of rotatable bonds is 5. The summed E-state index contributed by atoms with van der Waals surface area (Å²) < 4.78 is 6.94. The number of aromatic nitrogens is 1. The molecule has 1 fully saturated rings. The van der Waals surface area contributed by atoms with Crippen molar-refractivity contribution in [2.75, 3.05) is 13.2 Å². The number of hydrogen-bond donors (Lipinski definition) is 2. The Morgan fingerprint density at radius 2 is 1.88 bits per heavy atom. The molecule has 0 unspecified atom stereocenters. The summed E-state index contributed by atoms with van der Waals surface area (Å²) in [5, 5.41) is 9.06. The number of ether oxygens (including phenoxy) is 1. The van der Waals surface area contributed by atoms with Gasteiger partial charge in [0.05, 0.1) is 5.41 Å². The Labute approximate surface area is 146 Å². The minimum absolute atomic E-state index is 0.104. The highest BCUT2D eigenvalue weighted by molar-refractivity contribution is 5.81. The summed E-state index contributed by atoms with van der Waals surface area (Å²) in [6, 6.07) is 13.2. The molecular weight excluding hydrogens is 320 g/mol. The van der Waals surface area contributed by atoms with Gasteiger partial charge in [-0.1, -0.05) is 30.3 Å². The molecule has 1 aromatic carbocycles. The molecule has 0 radical (unpaired) electrons. The number of benzene rings is 1. The largest absolute Gasteiger partial charge is 0.381 e. The molecule has 132 valence electrons. The quantitative estimate of drug-likeness (QED) is 0.645. The molecular formula is C19H22N2O4. The number of nitrogens with one attached hydrogen (secondary N) is 1. The summed E-state index contributed by atoms with van der Waals surface area (Å²) in [7, 11) is 0. The van der Waals surface area contributed by atoms with E-state index in [1.165, 1.54) is 0 Å². The number of amides is 1. The topological polar surface area (TPSA) is 80.6 Å². The van der Waals surface area contributed by atoms with Crippen molar-refractivity contribution in [3.05, 3.63) is 59.0 Å². The molecule has 2 N–H and O–H groups in total. The molecule has 0 bridgehead atoms. The first-order valence-corrected chi connectivity index (χ1v) is 8.43. The Balaban J connectivity index is 1.76. The van der Waals surface area contributed by atoms with Crippen LogP contribution in [0.25, 0.3) is 11.1 Å². The molecule has 0 atom stereocenters. The fraction of sp³-hybridized carbons (Fsp3) is 0.368. The Kier molecular flexibility index (Phi) is 5.31. The van der Waals surface area contributed by atoms with Gasteiger partial charge in [0.15, 0.2) is 0 Å². The lowest BCUT2D eigenvalue weighted by molar-refractivity contribution is -0.146. The van der Waals surface area contributed by atoms with Crippen molar-refractivity contribution < 1.29 is 14.7 Å². The van der Waals surface area contributed by atoms with Gasteiger partial charge in [0.25, 0.3) is 5.56 Å². The molecule has 0 spiro atoms. The Bertz CT molecular complexity index is 780. The highest BCUT2D eigenvalue weighted by atomic mass is 16.5. The van der Waals surface area contributed by atoms with Crippen molar-refractivity contribution in [1.29, 1.82) is 0 Å². The molecule has 0 aliphatic carbocycles. The molecule has 2 heterocycles. The van der Waals surface area contributed by atoms with Crippen LogP contribution in [0.4, 0.5) is 0 Å². The summed E-state index contributed by atoms with van der Waals surface area (Å²) in [5.41, 5.74) is 2.85. The molecule has 6 nitrogen and oxygen atoms in total. The van der Waals surface area contributed by atoms with E-state index in [9.17, 15) is 9.59 Å². The number of nitrogens with zero attached hydrogens (tertiary/aromatic N) is 1. The van der Waals surface area contributed by atoms with Crippen LogP contribution in [-0.4, -0.2) is 28.9 Å². The molecule has 3 rings (SSSR count). The lowest BCUT2D eigenvalue weighted by Crippen LogP contribution is -2.44. The van der Waals surface area contributed by atoms with Gasteiger partial charge in [-0.05, 0) is 36.5 Å². The fourth-order valence-corrected chi connectivity index (χ4v) is 3.31. The maximum atomic E-state index is 12.4. The number of carbonyl (C=O) groups excluding carboxylic acids is 1. The third-order valence-electron chi connectivity index (χ3n) is 4.97. The van der Waals surface area contributed by atoms with Gasteiger partial charge in [-0.15, -0.1) is 0 Å². The zero-order valence-electron chi connectivity index (χ0n) is 14.0. The summed E-state index contributed by atoms with van der Waals surface area (Å²) >= 11 is 0. The van der Waals surface area contributed by atoms with Crippen LogP contribution in [0.2, 0.25) is 0 Å². The minimum atomic E-state index is -0.690. The number of aryl methyl sites for hydroxylation is 1. The monoisotopic (exact) mass is 342 g/mol. The highest BCUT2D eigenvalue weighted by Crippen LogP contribution is 2.34. The van der Waals surface area contributed by atoms with E-state index in [-0.39, 0.29) is 5.56 Å². The third kappa shape index (κ3) is 3.81. The maximum absolute atomic E-state index is 12.4. The molecule has 1 aliphatic heterocycles. The molecule has 1 aliphatic rings. The Hall–Kier alpha value is -2.44. The van der Waals surface area contributed by atoms with E-state index < -0.39 is 11.3 Å². The first kappa shape index (κ1) is 17.4. The predicted molar refractivity (Wildman–Crippen MR) is 93.2 cm³/mol. The van der Waals surface area contributed by atoms with Gasteiger partial charge in [0.1, 0.15) is 0 Å². The van der Waals surface area contributed by atoms with Crippen molar-refractivity contribution >= 4 is 5.91 Å². The van der Waals surface area contributed by atoms with Gasteiger partial charge >= 0.3 is 0 Å². The average molecular weight is 342 g/mol. The second-order valence-electron chi connectivity index (χ2n) is 6.40. The van der Waals surface area contributed by atoms with Crippen molar-refractivity contribution in [1.82, 2.24) is 10.0 Å². The summed E-state index contributed by atoms with van der Waals surface area (Å²) in [6.45, 7) is 1.38.